The molecule has 2 fully saturated rings. The third-order valence-corrected chi connectivity index (χ3v) is 7.20. The van der Waals surface area contributed by atoms with Crippen LogP contribution in [0.2, 0.25) is 0 Å². The molecule has 7 heteroatoms. The van der Waals surface area contributed by atoms with Gasteiger partial charge in [-0.05, 0) is 38.7 Å². The summed E-state index contributed by atoms with van der Waals surface area (Å²) >= 11 is 1.65. The van der Waals surface area contributed by atoms with Crippen molar-refractivity contribution in [2.24, 2.45) is 13.0 Å². The molecule has 1 amide bonds. The highest BCUT2D eigenvalue weighted by molar-refractivity contribution is 7.13. The smallest absolute Gasteiger partial charge is 0.223 e. The summed E-state index contributed by atoms with van der Waals surface area (Å²) in [7, 11) is 2.02. The second-order valence-corrected chi connectivity index (χ2v) is 9.16. The molecule has 2 aromatic heterocycles. The molecule has 1 saturated heterocycles. The minimum absolute atomic E-state index is 0.259. The number of piperidine rings is 1. The number of carbonyl (C=O) groups excluding carboxylic acids is 1. The summed E-state index contributed by atoms with van der Waals surface area (Å²) in [6.07, 6.45) is 7.95. The zero-order valence-corrected chi connectivity index (χ0v) is 17.8. The number of aromatic nitrogens is 3. The summed E-state index contributed by atoms with van der Waals surface area (Å²) < 4.78 is 1.99. The molecule has 152 valence electrons. The van der Waals surface area contributed by atoms with Crippen LogP contribution in [0.1, 0.15) is 56.3 Å². The largest absolute Gasteiger partial charge is 0.353 e. The molecule has 1 aliphatic carbocycles. The Hall–Kier alpha value is -1.73. The molecule has 0 radical (unpaired) electrons. The van der Waals surface area contributed by atoms with Gasteiger partial charge in [0.2, 0.25) is 5.91 Å². The Bertz CT molecular complexity index is 800. The van der Waals surface area contributed by atoms with Gasteiger partial charge in [0, 0.05) is 38.6 Å². The van der Waals surface area contributed by atoms with Crippen molar-refractivity contribution >= 4 is 17.2 Å². The van der Waals surface area contributed by atoms with Crippen LogP contribution in [-0.4, -0.2) is 44.7 Å². The van der Waals surface area contributed by atoms with Gasteiger partial charge in [0.15, 0.2) is 0 Å². The van der Waals surface area contributed by atoms with Crippen LogP contribution in [0.5, 0.6) is 0 Å². The van der Waals surface area contributed by atoms with Crippen LogP contribution in [0, 0.1) is 12.8 Å². The van der Waals surface area contributed by atoms with E-state index in [1.165, 1.54) is 25.0 Å². The number of likely N-dealkylation sites (tertiary alicyclic amines) is 1. The molecule has 3 heterocycles. The number of nitrogens with one attached hydrogen (secondary N) is 1. The van der Waals surface area contributed by atoms with Crippen LogP contribution in [0.15, 0.2) is 11.6 Å². The first-order chi connectivity index (χ1) is 13.6. The number of thiazole rings is 1. The van der Waals surface area contributed by atoms with Crippen LogP contribution in [-0.2, 0) is 18.4 Å². The van der Waals surface area contributed by atoms with Crippen molar-refractivity contribution in [2.75, 3.05) is 13.1 Å². The molecule has 1 N–H and O–H groups in total. The van der Waals surface area contributed by atoms with Crippen LogP contribution in [0.25, 0.3) is 10.6 Å². The van der Waals surface area contributed by atoms with E-state index >= 15 is 0 Å². The predicted molar refractivity (Wildman–Crippen MR) is 112 cm³/mol. The first-order valence-corrected chi connectivity index (χ1v) is 11.4. The first-order valence-electron chi connectivity index (χ1n) is 10.6. The second-order valence-electron chi connectivity index (χ2n) is 8.31. The van der Waals surface area contributed by atoms with Crippen molar-refractivity contribution in [1.29, 1.82) is 0 Å². The minimum atomic E-state index is 0.259. The summed E-state index contributed by atoms with van der Waals surface area (Å²) in [6.45, 7) is 4.99. The van der Waals surface area contributed by atoms with Gasteiger partial charge in [-0.1, -0.05) is 19.3 Å². The van der Waals surface area contributed by atoms with Gasteiger partial charge in [-0.2, -0.15) is 5.10 Å². The van der Waals surface area contributed by atoms with Gasteiger partial charge in [0.25, 0.3) is 0 Å². The van der Waals surface area contributed by atoms with Gasteiger partial charge in [0.05, 0.1) is 21.8 Å². The Morgan fingerprint density at radius 2 is 1.96 bits per heavy atom. The van der Waals surface area contributed by atoms with Crippen molar-refractivity contribution in [3.8, 4) is 10.6 Å². The fourth-order valence-corrected chi connectivity index (χ4v) is 5.22. The van der Waals surface area contributed by atoms with E-state index in [1.54, 1.807) is 11.3 Å². The lowest BCUT2D eigenvalue weighted by molar-refractivity contribution is -0.127. The summed E-state index contributed by atoms with van der Waals surface area (Å²) in [5, 5.41) is 8.01. The summed E-state index contributed by atoms with van der Waals surface area (Å²) in [5.74, 6) is 0.559. The van der Waals surface area contributed by atoms with Gasteiger partial charge in [0.1, 0.15) is 5.69 Å². The van der Waals surface area contributed by atoms with Crippen molar-refractivity contribution in [1.82, 2.24) is 25.0 Å². The van der Waals surface area contributed by atoms with Crippen LogP contribution < -0.4 is 5.32 Å². The van der Waals surface area contributed by atoms with Gasteiger partial charge < -0.3 is 5.32 Å². The molecule has 0 bridgehead atoms. The number of rotatable bonds is 5. The standard InChI is InChI=1S/C21H31N5OS/c1-15-20(28-14-22-15)19-12-18(25(2)24-19)13-26-10-8-17(9-11-26)23-21(27)16-6-4-3-5-7-16/h12,14,16-17H,3-11,13H2,1-2H3,(H,23,27). The monoisotopic (exact) mass is 401 g/mol. The third-order valence-electron chi connectivity index (χ3n) is 6.25. The van der Waals surface area contributed by atoms with Crippen LogP contribution >= 0.6 is 11.3 Å². The third kappa shape index (κ3) is 4.46. The molecule has 0 aromatic carbocycles. The van der Waals surface area contributed by atoms with Gasteiger partial charge in [-0.25, -0.2) is 4.98 Å². The number of aryl methyl sites for hydroxylation is 2. The molecule has 0 atom stereocenters. The topological polar surface area (TPSA) is 63.1 Å². The summed E-state index contributed by atoms with van der Waals surface area (Å²) in [4.78, 5) is 20.5. The van der Waals surface area contributed by atoms with E-state index in [1.807, 2.05) is 24.2 Å². The second kappa shape index (κ2) is 8.74. The Kier molecular flexibility index (Phi) is 6.11. The van der Waals surface area contributed by atoms with E-state index in [4.69, 9.17) is 0 Å². The van der Waals surface area contributed by atoms with E-state index in [0.29, 0.717) is 11.9 Å². The Morgan fingerprint density at radius 1 is 1.21 bits per heavy atom. The van der Waals surface area contributed by atoms with Gasteiger partial charge >= 0.3 is 0 Å². The van der Waals surface area contributed by atoms with E-state index < -0.39 is 0 Å². The molecule has 1 saturated carbocycles. The Morgan fingerprint density at radius 3 is 2.64 bits per heavy atom. The molecule has 0 spiro atoms. The fraction of sp³-hybridized carbons (Fsp3) is 0.667. The van der Waals surface area contributed by atoms with Crippen molar-refractivity contribution < 1.29 is 4.79 Å². The average Bonchev–Trinajstić information content (AvgIpc) is 3.29. The molecule has 1 aliphatic heterocycles. The van der Waals surface area contributed by atoms with E-state index in [9.17, 15) is 4.79 Å². The van der Waals surface area contributed by atoms with Crippen molar-refractivity contribution in [3.63, 3.8) is 0 Å². The van der Waals surface area contributed by atoms with Crippen molar-refractivity contribution in [2.45, 2.75) is 64.5 Å². The fourth-order valence-electron chi connectivity index (χ4n) is 4.46. The van der Waals surface area contributed by atoms with E-state index in [0.717, 1.165) is 61.6 Å². The van der Waals surface area contributed by atoms with Crippen LogP contribution in [0.3, 0.4) is 0 Å². The zero-order valence-electron chi connectivity index (χ0n) is 17.0. The molecule has 2 aliphatic rings. The number of hydrogen-bond acceptors (Lipinski definition) is 5. The zero-order chi connectivity index (χ0) is 19.5. The number of hydrogen-bond donors (Lipinski definition) is 1. The molecular weight excluding hydrogens is 370 g/mol. The highest BCUT2D eigenvalue weighted by atomic mass is 32.1. The number of amides is 1. The lowest BCUT2D eigenvalue weighted by Gasteiger charge is -2.33. The summed E-state index contributed by atoms with van der Waals surface area (Å²) in [5.41, 5.74) is 5.18. The molecule has 2 aromatic rings. The molecule has 0 unspecified atom stereocenters. The lowest BCUT2D eigenvalue weighted by atomic mass is 9.88. The molecule has 6 nitrogen and oxygen atoms in total. The number of nitrogens with zero attached hydrogens (tertiary/aromatic N) is 4. The highest BCUT2D eigenvalue weighted by Gasteiger charge is 2.26. The SMILES string of the molecule is Cc1ncsc1-c1cc(CN2CCC(NC(=O)C3CCCCC3)CC2)n(C)n1. The first kappa shape index (κ1) is 19.6. The number of carbonyl (C=O) groups is 1. The van der Waals surface area contributed by atoms with E-state index in [2.05, 4.69) is 26.4 Å². The van der Waals surface area contributed by atoms with Gasteiger partial charge in [-0.3, -0.25) is 14.4 Å². The molecule has 4 rings (SSSR count). The maximum Gasteiger partial charge on any atom is 0.223 e. The Labute approximate surface area is 171 Å². The maximum absolute atomic E-state index is 12.5. The van der Waals surface area contributed by atoms with Crippen molar-refractivity contribution in [3.05, 3.63) is 23.0 Å². The quantitative estimate of drug-likeness (QED) is 0.833. The normalized spacial score (nSPS) is 19.8. The average molecular weight is 402 g/mol. The van der Waals surface area contributed by atoms with Crippen LogP contribution in [0.4, 0.5) is 0 Å². The predicted octanol–water partition coefficient (Wildman–Crippen LogP) is 3.51. The lowest BCUT2D eigenvalue weighted by Crippen LogP contribution is -2.46. The molecule has 28 heavy (non-hydrogen) atoms. The minimum Gasteiger partial charge on any atom is -0.353 e. The maximum atomic E-state index is 12.5. The van der Waals surface area contributed by atoms with E-state index in [-0.39, 0.29) is 5.92 Å². The Balaban J connectivity index is 1.28. The summed E-state index contributed by atoms with van der Waals surface area (Å²) in [6, 6.07) is 2.53. The van der Waals surface area contributed by atoms with Gasteiger partial charge in [-0.15, -0.1) is 11.3 Å². The highest BCUT2D eigenvalue weighted by Crippen LogP contribution is 2.27. The molecular formula is C21H31N5OS.